The fraction of sp³-hybridized carbons (Fsp3) is 0.533. The SMILES string of the molecule is CC(c1ccc(Cl)cc1Cl)N(C)C(=O)CCNC1CC1. The Morgan fingerprint density at radius 1 is 1.45 bits per heavy atom. The minimum atomic E-state index is -0.0619. The average molecular weight is 315 g/mol. The number of benzene rings is 1. The average Bonchev–Trinajstić information content (AvgIpc) is 3.21. The highest BCUT2D eigenvalue weighted by Gasteiger charge is 2.22. The zero-order chi connectivity index (χ0) is 14.7. The third kappa shape index (κ3) is 4.11. The molecular formula is C15H20Cl2N2O. The molecule has 1 aromatic carbocycles. The van der Waals surface area contributed by atoms with Crippen LogP contribution in [0.25, 0.3) is 0 Å². The zero-order valence-electron chi connectivity index (χ0n) is 11.8. The molecule has 1 saturated carbocycles. The van der Waals surface area contributed by atoms with E-state index in [9.17, 15) is 4.79 Å². The third-order valence-electron chi connectivity index (χ3n) is 3.74. The van der Waals surface area contributed by atoms with Gasteiger partial charge in [0.1, 0.15) is 0 Å². The largest absolute Gasteiger partial charge is 0.339 e. The van der Waals surface area contributed by atoms with Crippen molar-refractivity contribution in [3.8, 4) is 0 Å². The molecule has 5 heteroatoms. The summed E-state index contributed by atoms with van der Waals surface area (Å²) in [5.74, 6) is 0.122. The lowest BCUT2D eigenvalue weighted by Gasteiger charge is -2.26. The first-order valence-corrected chi connectivity index (χ1v) is 7.68. The highest BCUT2D eigenvalue weighted by atomic mass is 35.5. The molecule has 1 unspecified atom stereocenters. The second-order valence-electron chi connectivity index (χ2n) is 5.32. The number of hydrogen-bond acceptors (Lipinski definition) is 2. The van der Waals surface area contributed by atoms with E-state index in [0.29, 0.717) is 22.5 Å². The van der Waals surface area contributed by atoms with Crippen molar-refractivity contribution in [2.24, 2.45) is 0 Å². The molecule has 1 aliphatic rings. The van der Waals surface area contributed by atoms with E-state index in [1.165, 1.54) is 12.8 Å². The first-order valence-electron chi connectivity index (χ1n) is 6.93. The number of carbonyl (C=O) groups excluding carboxylic acids is 1. The van der Waals surface area contributed by atoms with Crippen molar-refractivity contribution in [1.29, 1.82) is 0 Å². The van der Waals surface area contributed by atoms with Crippen LogP contribution >= 0.6 is 23.2 Å². The van der Waals surface area contributed by atoms with Gasteiger partial charge in [-0.1, -0.05) is 29.3 Å². The van der Waals surface area contributed by atoms with Crippen LogP contribution in [-0.4, -0.2) is 30.4 Å². The molecule has 0 spiro atoms. The lowest BCUT2D eigenvalue weighted by Crippen LogP contribution is -2.32. The number of halogens is 2. The van der Waals surface area contributed by atoms with Crippen LogP contribution in [0.3, 0.4) is 0 Å². The first kappa shape index (κ1) is 15.6. The van der Waals surface area contributed by atoms with Gasteiger partial charge in [-0.3, -0.25) is 4.79 Å². The molecule has 110 valence electrons. The molecule has 0 bridgehead atoms. The molecule has 1 amide bonds. The van der Waals surface area contributed by atoms with Crippen molar-refractivity contribution in [3.63, 3.8) is 0 Å². The molecule has 0 saturated heterocycles. The maximum absolute atomic E-state index is 12.2. The number of amides is 1. The summed E-state index contributed by atoms with van der Waals surface area (Å²) in [6, 6.07) is 5.96. The van der Waals surface area contributed by atoms with Crippen LogP contribution in [0.4, 0.5) is 0 Å². The summed E-state index contributed by atoms with van der Waals surface area (Å²) in [5, 5.41) is 4.55. The smallest absolute Gasteiger partial charge is 0.224 e. The van der Waals surface area contributed by atoms with Crippen molar-refractivity contribution in [3.05, 3.63) is 33.8 Å². The molecule has 1 N–H and O–H groups in total. The van der Waals surface area contributed by atoms with Gasteiger partial charge in [-0.15, -0.1) is 0 Å². The van der Waals surface area contributed by atoms with E-state index in [1.54, 1.807) is 17.0 Å². The third-order valence-corrected chi connectivity index (χ3v) is 4.30. The summed E-state index contributed by atoms with van der Waals surface area (Å²) < 4.78 is 0. The van der Waals surface area contributed by atoms with E-state index in [1.807, 2.05) is 20.0 Å². The van der Waals surface area contributed by atoms with Gasteiger partial charge in [-0.2, -0.15) is 0 Å². The Hall–Kier alpha value is -0.770. The normalized spacial score (nSPS) is 16.0. The van der Waals surface area contributed by atoms with Gasteiger partial charge in [0.05, 0.1) is 6.04 Å². The van der Waals surface area contributed by atoms with E-state index >= 15 is 0 Å². The van der Waals surface area contributed by atoms with Crippen molar-refractivity contribution < 1.29 is 4.79 Å². The van der Waals surface area contributed by atoms with E-state index in [-0.39, 0.29) is 11.9 Å². The first-order chi connectivity index (χ1) is 9.49. The van der Waals surface area contributed by atoms with Crippen LogP contribution < -0.4 is 5.32 Å². The van der Waals surface area contributed by atoms with Gasteiger partial charge in [0.25, 0.3) is 0 Å². The second kappa shape index (κ2) is 6.79. The van der Waals surface area contributed by atoms with Crippen LogP contribution in [-0.2, 0) is 4.79 Å². The van der Waals surface area contributed by atoms with Crippen LogP contribution in [0.2, 0.25) is 10.0 Å². The molecule has 2 rings (SSSR count). The summed E-state index contributed by atoms with van der Waals surface area (Å²) in [6.07, 6.45) is 2.99. The van der Waals surface area contributed by atoms with Gasteiger partial charge >= 0.3 is 0 Å². The Balaban J connectivity index is 1.92. The lowest BCUT2D eigenvalue weighted by atomic mass is 10.1. The maximum Gasteiger partial charge on any atom is 0.224 e. The van der Waals surface area contributed by atoms with Crippen LogP contribution in [0.15, 0.2) is 18.2 Å². The number of hydrogen-bond donors (Lipinski definition) is 1. The second-order valence-corrected chi connectivity index (χ2v) is 6.17. The molecule has 0 aromatic heterocycles. The van der Waals surface area contributed by atoms with Gasteiger partial charge in [-0.25, -0.2) is 0 Å². The van der Waals surface area contributed by atoms with Gasteiger partial charge in [0, 0.05) is 36.1 Å². The molecule has 1 aromatic rings. The molecule has 3 nitrogen and oxygen atoms in total. The number of nitrogens with one attached hydrogen (secondary N) is 1. The maximum atomic E-state index is 12.2. The van der Waals surface area contributed by atoms with Gasteiger partial charge in [-0.05, 0) is 37.5 Å². The van der Waals surface area contributed by atoms with E-state index in [0.717, 1.165) is 12.1 Å². The summed E-state index contributed by atoms with van der Waals surface area (Å²) >= 11 is 12.1. The predicted molar refractivity (Wildman–Crippen MR) is 83.3 cm³/mol. The number of nitrogens with zero attached hydrogens (tertiary/aromatic N) is 1. The lowest BCUT2D eigenvalue weighted by molar-refractivity contribution is -0.131. The van der Waals surface area contributed by atoms with E-state index in [4.69, 9.17) is 23.2 Å². The van der Waals surface area contributed by atoms with Gasteiger partial charge < -0.3 is 10.2 Å². The predicted octanol–water partition coefficient (Wildman–Crippen LogP) is 3.65. The molecule has 20 heavy (non-hydrogen) atoms. The fourth-order valence-electron chi connectivity index (χ4n) is 2.11. The van der Waals surface area contributed by atoms with Crippen LogP contribution in [0.5, 0.6) is 0 Å². The van der Waals surface area contributed by atoms with E-state index < -0.39 is 0 Å². The highest BCUT2D eigenvalue weighted by Crippen LogP contribution is 2.29. The summed E-state index contributed by atoms with van der Waals surface area (Å²) in [5.41, 5.74) is 0.919. The molecule has 1 aliphatic carbocycles. The topological polar surface area (TPSA) is 32.3 Å². The van der Waals surface area contributed by atoms with Gasteiger partial charge in [0.15, 0.2) is 0 Å². The Bertz CT molecular complexity index is 489. The minimum absolute atomic E-state index is 0.0619. The zero-order valence-corrected chi connectivity index (χ0v) is 13.3. The van der Waals surface area contributed by atoms with Crippen LogP contribution in [0, 0.1) is 0 Å². The summed E-state index contributed by atoms with van der Waals surface area (Å²) in [6.45, 7) is 2.72. The Labute approximate surface area is 130 Å². The van der Waals surface area contributed by atoms with Crippen molar-refractivity contribution in [2.45, 2.75) is 38.3 Å². The number of rotatable bonds is 6. The number of carbonyl (C=O) groups is 1. The molecule has 0 radical (unpaired) electrons. The molecule has 0 heterocycles. The molecule has 0 aliphatic heterocycles. The fourth-order valence-corrected chi connectivity index (χ4v) is 2.68. The van der Waals surface area contributed by atoms with Crippen LogP contribution in [0.1, 0.15) is 37.8 Å². The summed E-state index contributed by atoms with van der Waals surface area (Å²) in [7, 11) is 1.81. The highest BCUT2D eigenvalue weighted by molar-refractivity contribution is 6.35. The Kier molecular flexibility index (Phi) is 5.30. The van der Waals surface area contributed by atoms with Crippen molar-refractivity contribution in [2.75, 3.05) is 13.6 Å². The molecular weight excluding hydrogens is 295 g/mol. The van der Waals surface area contributed by atoms with E-state index in [2.05, 4.69) is 5.32 Å². The standard InChI is InChI=1S/C15H20Cl2N2O/c1-10(13-6-3-11(16)9-14(13)17)19(2)15(20)7-8-18-12-4-5-12/h3,6,9-10,12,18H,4-5,7-8H2,1-2H3. The quantitative estimate of drug-likeness (QED) is 0.869. The Morgan fingerprint density at radius 3 is 2.75 bits per heavy atom. The monoisotopic (exact) mass is 314 g/mol. The molecule has 1 fully saturated rings. The van der Waals surface area contributed by atoms with Gasteiger partial charge in [0.2, 0.25) is 5.91 Å². The Morgan fingerprint density at radius 2 is 2.15 bits per heavy atom. The summed E-state index contributed by atoms with van der Waals surface area (Å²) in [4.78, 5) is 13.9. The minimum Gasteiger partial charge on any atom is -0.339 e. The van der Waals surface area contributed by atoms with Crippen molar-refractivity contribution in [1.82, 2.24) is 10.2 Å². The molecule has 1 atom stereocenters. The van der Waals surface area contributed by atoms with Crippen molar-refractivity contribution >= 4 is 29.1 Å².